The molecule has 0 saturated carbocycles. The van der Waals surface area contributed by atoms with Crippen molar-refractivity contribution in [2.24, 2.45) is 0 Å². The van der Waals surface area contributed by atoms with Crippen LogP contribution >= 0.6 is 11.8 Å². The van der Waals surface area contributed by atoms with Gasteiger partial charge < -0.3 is 24.6 Å². The first-order valence-electron chi connectivity index (χ1n) is 10.8. The molecule has 3 aliphatic heterocycles. The number of hydrogen-bond donors (Lipinski definition) is 1. The number of benzene rings is 2. The van der Waals surface area contributed by atoms with E-state index < -0.39 is 0 Å². The summed E-state index contributed by atoms with van der Waals surface area (Å²) in [6.45, 7) is 7.26. The molecule has 2 saturated heterocycles. The first-order chi connectivity index (χ1) is 15.1. The van der Waals surface area contributed by atoms with Gasteiger partial charge >= 0.3 is 0 Å². The second-order valence-electron chi connectivity index (χ2n) is 8.22. The number of thioether (sulfide) groups is 1. The number of anilines is 2. The van der Waals surface area contributed by atoms with Gasteiger partial charge in [0.25, 0.3) is 5.91 Å². The van der Waals surface area contributed by atoms with Crippen LogP contribution in [0.3, 0.4) is 0 Å². The lowest BCUT2D eigenvalue weighted by molar-refractivity contribution is -0.114. The van der Waals surface area contributed by atoms with Crippen LogP contribution in [0, 0.1) is 0 Å². The molecule has 2 aromatic carbocycles. The summed E-state index contributed by atoms with van der Waals surface area (Å²) in [5.74, 6) is 2.31. The van der Waals surface area contributed by atoms with Crippen molar-refractivity contribution in [3.8, 4) is 11.5 Å². The number of ether oxygens (including phenoxy) is 2. The van der Waals surface area contributed by atoms with Gasteiger partial charge in [0.2, 0.25) is 6.79 Å². The summed E-state index contributed by atoms with van der Waals surface area (Å²) < 4.78 is 10.9. The number of nitrogens with one attached hydrogen (secondary N) is 1. The Morgan fingerprint density at radius 1 is 1.13 bits per heavy atom. The molecule has 31 heavy (non-hydrogen) atoms. The van der Waals surface area contributed by atoms with Gasteiger partial charge in [0.1, 0.15) is 0 Å². The molecular weight excluding hydrogens is 410 g/mol. The van der Waals surface area contributed by atoms with Gasteiger partial charge in [0.15, 0.2) is 11.5 Å². The Bertz CT molecular complexity index is 1020. The van der Waals surface area contributed by atoms with Crippen LogP contribution in [0.25, 0.3) is 6.08 Å². The maximum absolute atomic E-state index is 13.4. The van der Waals surface area contributed by atoms with E-state index in [0.29, 0.717) is 24.4 Å². The number of amides is 1. The van der Waals surface area contributed by atoms with Gasteiger partial charge in [-0.1, -0.05) is 18.2 Å². The zero-order chi connectivity index (χ0) is 21.4. The molecule has 7 heteroatoms. The highest BCUT2D eigenvalue weighted by Crippen LogP contribution is 2.38. The molecule has 6 nitrogen and oxygen atoms in total. The van der Waals surface area contributed by atoms with E-state index in [1.807, 2.05) is 29.2 Å². The predicted octanol–water partition coefficient (Wildman–Crippen LogP) is 3.72. The minimum absolute atomic E-state index is 0.0339. The number of fused-ring (bicyclic) bond motifs is 1. The first-order valence-corrected chi connectivity index (χ1v) is 11.7. The molecule has 2 unspecified atom stereocenters. The predicted molar refractivity (Wildman–Crippen MR) is 126 cm³/mol. The van der Waals surface area contributed by atoms with Gasteiger partial charge in [-0.25, -0.2) is 0 Å². The fraction of sp³-hybridized carbons (Fsp3) is 0.375. The van der Waals surface area contributed by atoms with Crippen LogP contribution in [0.15, 0.2) is 47.4 Å². The Morgan fingerprint density at radius 3 is 2.87 bits per heavy atom. The third kappa shape index (κ3) is 4.00. The molecule has 1 N–H and O–H groups in total. The Hall–Kier alpha value is -2.64. The van der Waals surface area contributed by atoms with Crippen LogP contribution in [0.4, 0.5) is 11.4 Å². The molecule has 1 amide bonds. The van der Waals surface area contributed by atoms with Crippen LogP contribution < -0.4 is 24.6 Å². The van der Waals surface area contributed by atoms with E-state index >= 15 is 0 Å². The van der Waals surface area contributed by atoms with E-state index in [1.54, 1.807) is 11.8 Å². The fourth-order valence-corrected chi connectivity index (χ4v) is 5.25. The third-order valence-corrected chi connectivity index (χ3v) is 6.98. The number of hydrogen-bond acceptors (Lipinski definition) is 6. The van der Waals surface area contributed by atoms with E-state index in [2.05, 4.69) is 48.3 Å². The highest BCUT2D eigenvalue weighted by Gasteiger charge is 2.28. The fourth-order valence-electron chi connectivity index (χ4n) is 4.32. The minimum Gasteiger partial charge on any atom is -0.454 e. The Labute approximate surface area is 187 Å². The van der Waals surface area contributed by atoms with Crippen molar-refractivity contribution in [1.29, 1.82) is 0 Å². The zero-order valence-corrected chi connectivity index (χ0v) is 18.7. The molecule has 0 aliphatic carbocycles. The molecular formula is C24H27N3O3S. The molecule has 3 aliphatic rings. The van der Waals surface area contributed by atoms with Crippen molar-refractivity contribution >= 4 is 35.1 Å². The molecule has 0 bridgehead atoms. The van der Waals surface area contributed by atoms with Gasteiger partial charge in [-0.2, -0.15) is 0 Å². The summed E-state index contributed by atoms with van der Waals surface area (Å²) in [5, 5.41) is 3.54. The van der Waals surface area contributed by atoms with E-state index in [0.717, 1.165) is 40.7 Å². The van der Waals surface area contributed by atoms with Crippen molar-refractivity contribution < 1.29 is 14.3 Å². The van der Waals surface area contributed by atoms with Crippen LogP contribution in [0.1, 0.15) is 19.4 Å². The molecule has 0 spiro atoms. The number of nitrogens with zero attached hydrogens (tertiary/aromatic N) is 2. The highest BCUT2D eigenvalue weighted by atomic mass is 32.2. The maximum Gasteiger partial charge on any atom is 0.264 e. The van der Waals surface area contributed by atoms with Crippen LogP contribution in [-0.2, 0) is 4.79 Å². The summed E-state index contributed by atoms with van der Waals surface area (Å²) in [4.78, 5) is 18.4. The summed E-state index contributed by atoms with van der Waals surface area (Å²) in [7, 11) is 0. The number of rotatable bonds is 3. The largest absolute Gasteiger partial charge is 0.454 e. The highest BCUT2D eigenvalue weighted by molar-refractivity contribution is 8.04. The maximum atomic E-state index is 13.4. The van der Waals surface area contributed by atoms with Gasteiger partial charge in [0, 0.05) is 54.9 Å². The van der Waals surface area contributed by atoms with Gasteiger partial charge in [0.05, 0.1) is 4.91 Å². The minimum atomic E-state index is 0.0339. The molecule has 3 heterocycles. The Balaban J connectivity index is 1.44. The van der Waals surface area contributed by atoms with Gasteiger partial charge in [-0.3, -0.25) is 4.79 Å². The van der Waals surface area contributed by atoms with Crippen LogP contribution in [0.2, 0.25) is 0 Å². The van der Waals surface area contributed by atoms with Crippen molar-refractivity contribution in [2.75, 3.05) is 42.0 Å². The molecule has 0 radical (unpaired) electrons. The second-order valence-corrected chi connectivity index (χ2v) is 9.36. The molecule has 162 valence electrons. The lowest BCUT2D eigenvalue weighted by atomic mass is 10.1. The van der Waals surface area contributed by atoms with Crippen LogP contribution in [0.5, 0.6) is 11.5 Å². The summed E-state index contributed by atoms with van der Waals surface area (Å²) in [6.07, 6.45) is 2.06. The standard InChI is InChI=1S/C24H27N3O3S/c1-16-14-27(17(2)13-25-16)20-6-4-3-5-18(20)11-23-24(28)26(9-10-31-23)19-7-8-21-22(12-19)30-15-29-21/h3-8,11-12,16-17,25H,9-10,13-15H2,1-2H3/b23-11+. The summed E-state index contributed by atoms with van der Waals surface area (Å²) >= 11 is 1.63. The molecule has 5 rings (SSSR count). The van der Waals surface area contributed by atoms with Crippen molar-refractivity contribution in [3.63, 3.8) is 0 Å². The number of para-hydroxylation sites is 1. The smallest absolute Gasteiger partial charge is 0.264 e. The average Bonchev–Trinajstić information content (AvgIpc) is 3.25. The van der Waals surface area contributed by atoms with Crippen molar-refractivity contribution in [1.82, 2.24) is 5.32 Å². The lowest BCUT2D eigenvalue weighted by Crippen LogP contribution is -2.54. The quantitative estimate of drug-likeness (QED) is 0.739. The van der Waals surface area contributed by atoms with Crippen molar-refractivity contribution in [2.45, 2.75) is 25.9 Å². The molecule has 0 aromatic heterocycles. The molecule has 2 aromatic rings. The summed E-state index contributed by atoms with van der Waals surface area (Å²) in [6, 6.07) is 14.9. The average molecular weight is 438 g/mol. The van der Waals surface area contributed by atoms with E-state index in [1.165, 1.54) is 5.69 Å². The third-order valence-electron chi connectivity index (χ3n) is 5.99. The zero-order valence-electron chi connectivity index (χ0n) is 17.8. The van der Waals surface area contributed by atoms with Crippen molar-refractivity contribution in [3.05, 3.63) is 52.9 Å². The molecule has 2 fully saturated rings. The van der Waals surface area contributed by atoms with E-state index in [4.69, 9.17) is 9.47 Å². The second kappa shape index (κ2) is 8.48. The Morgan fingerprint density at radius 2 is 1.97 bits per heavy atom. The van der Waals surface area contributed by atoms with Gasteiger partial charge in [-0.15, -0.1) is 11.8 Å². The SMILES string of the molecule is CC1CN(c2ccccc2/C=C2/SCCN(c3ccc4c(c3)OCO4)C2=O)C(C)CN1. The van der Waals surface area contributed by atoms with E-state index in [9.17, 15) is 4.79 Å². The Kier molecular flexibility index (Phi) is 5.54. The number of piperazine rings is 1. The first kappa shape index (κ1) is 20.3. The van der Waals surface area contributed by atoms with Gasteiger partial charge in [-0.05, 0) is 43.7 Å². The topological polar surface area (TPSA) is 54.0 Å². The summed E-state index contributed by atoms with van der Waals surface area (Å²) in [5.41, 5.74) is 3.12. The van der Waals surface area contributed by atoms with E-state index in [-0.39, 0.29) is 12.7 Å². The number of carbonyl (C=O) groups excluding carboxylic acids is 1. The molecule has 2 atom stereocenters. The lowest BCUT2D eigenvalue weighted by Gasteiger charge is -2.40. The normalized spacial score (nSPS) is 24.7. The monoisotopic (exact) mass is 437 g/mol. The van der Waals surface area contributed by atoms with Crippen LogP contribution in [-0.4, -0.2) is 50.2 Å². The number of carbonyl (C=O) groups is 1.